The van der Waals surface area contributed by atoms with Gasteiger partial charge in [-0.15, -0.1) is 0 Å². The van der Waals surface area contributed by atoms with Crippen molar-refractivity contribution in [3.63, 3.8) is 0 Å². The maximum Gasteiger partial charge on any atom is 0.240 e. The lowest BCUT2D eigenvalue weighted by Crippen LogP contribution is -2.39. The quantitative estimate of drug-likeness (QED) is 0.860. The molecule has 1 rings (SSSR count). The van der Waals surface area contributed by atoms with Crippen LogP contribution in [0.3, 0.4) is 0 Å². The molecule has 1 amide bonds. The van der Waals surface area contributed by atoms with Crippen molar-refractivity contribution in [2.75, 3.05) is 5.32 Å². The van der Waals surface area contributed by atoms with Crippen LogP contribution in [0.25, 0.3) is 0 Å². The fourth-order valence-corrected chi connectivity index (χ4v) is 1.64. The van der Waals surface area contributed by atoms with E-state index >= 15 is 0 Å². The Morgan fingerprint density at radius 1 is 1.53 bits per heavy atom. The van der Waals surface area contributed by atoms with Crippen LogP contribution in [0.5, 0.6) is 0 Å². The SMILES string of the molecule is CC(C)C(Nc1ccc(Cl)cc1C#N)C(N)=O. The number of hydrogen-bond acceptors (Lipinski definition) is 3. The van der Waals surface area contributed by atoms with Gasteiger partial charge in [0.25, 0.3) is 0 Å². The summed E-state index contributed by atoms with van der Waals surface area (Å²) >= 11 is 5.79. The highest BCUT2D eigenvalue weighted by atomic mass is 35.5. The summed E-state index contributed by atoms with van der Waals surface area (Å²) in [7, 11) is 0. The van der Waals surface area contributed by atoms with Crippen LogP contribution < -0.4 is 11.1 Å². The minimum absolute atomic E-state index is 0.0368. The van der Waals surface area contributed by atoms with Gasteiger partial charge in [0.05, 0.1) is 11.3 Å². The van der Waals surface area contributed by atoms with E-state index in [1.165, 1.54) is 0 Å². The molecule has 0 spiro atoms. The second-order valence-corrected chi connectivity index (χ2v) is 4.51. The molecule has 1 unspecified atom stereocenters. The van der Waals surface area contributed by atoms with E-state index in [0.717, 1.165) is 0 Å². The number of benzene rings is 1. The maximum absolute atomic E-state index is 11.3. The zero-order chi connectivity index (χ0) is 13.0. The van der Waals surface area contributed by atoms with Crippen LogP contribution in [0.4, 0.5) is 5.69 Å². The van der Waals surface area contributed by atoms with Crippen molar-refractivity contribution in [3.8, 4) is 6.07 Å². The minimum Gasteiger partial charge on any atom is -0.372 e. The lowest BCUT2D eigenvalue weighted by molar-refractivity contribution is -0.119. The van der Waals surface area contributed by atoms with Gasteiger partial charge in [0.2, 0.25) is 5.91 Å². The first kappa shape index (κ1) is 13.3. The third kappa shape index (κ3) is 3.36. The Morgan fingerprint density at radius 3 is 2.65 bits per heavy atom. The standard InChI is InChI=1S/C12H14ClN3O/c1-7(2)11(12(15)17)16-10-4-3-9(13)5-8(10)6-14/h3-5,7,11,16H,1-2H3,(H2,15,17). The normalized spacial score (nSPS) is 11.9. The summed E-state index contributed by atoms with van der Waals surface area (Å²) in [5.74, 6) is -0.409. The molecule has 0 heterocycles. The zero-order valence-electron chi connectivity index (χ0n) is 9.70. The highest BCUT2D eigenvalue weighted by molar-refractivity contribution is 6.30. The van der Waals surface area contributed by atoms with Crippen LogP contribution in [0.1, 0.15) is 19.4 Å². The summed E-state index contributed by atoms with van der Waals surface area (Å²) < 4.78 is 0. The van der Waals surface area contributed by atoms with Crippen molar-refractivity contribution in [2.24, 2.45) is 11.7 Å². The van der Waals surface area contributed by atoms with Crippen LogP contribution in [0, 0.1) is 17.2 Å². The number of nitriles is 1. The first-order chi connectivity index (χ1) is 7.95. The number of nitrogens with one attached hydrogen (secondary N) is 1. The molecule has 1 aromatic carbocycles. The number of carbonyl (C=O) groups is 1. The fourth-order valence-electron chi connectivity index (χ4n) is 1.47. The van der Waals surface area contributed by atoms with Crippen molar-refractivity contribution in [1.82, 2.24) is 0 Å². The Kier molecular flexibility index (Phi) is 4.36. The van der Waals surface area contributed by atoms with Crippen LogP contribution in [-0.4, -0.2) is 11.9 Å². The van der Waals surface area contributed by atoms with Crippen LogP contribution in [-0.2, 0) is 4.79 Å². The number of nitrogens with two attached hydrogens (primary N) is 1. The van der Waals surface area contributed by atoms with Crippen molar-refractivity contribution >= 4 is 23.2 Å². The summed E-state index contributed by atoms with van der Waals surface area (Å²) in [6.45, 7) is 3.76. The zero-order valence-corrected chi connectivity index (χ0v) is 10.5. The monoisotopic (exact) mass is 251 g/mol. The number of rotatable bonds is 4. The van der Waals surface area contributed by atoms with E-state index in [2.05, 4.69) is 5.32 Å². The predicted octanol–water partition coefficient (Wildman–Crippen LogP) is 2.13. The van der Waals surface area contributed by atoms with Crippen molar-refractivity contribution < 1.29 is 4.79 Å². The third-order valence-corrected chi connectivity index (χ3v) is 2.62. The Balaban J connectivity index is 3.02. The Morgan fingerprint density at radius 2 is 2.18 bits per heavy atom. The van der Waals surface area contributed by atoms with Gasteiger partial charge in [-0.1, -0.05) is 25.4 Å². The molecule has 1 atom stereocenters. The largest absolute Gasteiger partial charge is 0.372 e. The van der Waals surface area contributed by atoms with Gasteiger partial charge < -0.3 is 11.1 Å². The second-order valence-electron chi connectivity index (χ2n) is 4.07. The van der Waals surface area contributed by atoms with Gasteiger partial charge in [0, 0.05) is 5.02 Å². The van der Waals surface area contributed by atoms with Gasteiger partial charge in [-0.05, 0) is 24.1 Å². The summed E-state index contributed by atoms with van der Waals surface area (Å²) in [5, 5.41) is 12.4. The van der Waals surface area contributed by atoms with Crippen LogP contribution in [0.15, 0.2) is 18.2 Å². The van der Waals surface area contributed by atoms with Crippen molar-refractivity contribution in [3.05, 3.63) is 28.8 Å². The lowest BCUT2D eigenvalue weighted by atomic mass is 10.0. The molecule has 17 heavy (non-hydrogen) atoms. The molecule has 1 aromatic rings. The van der Waals surface area contributed by atoms with E-state index in [1.807, 2.05) is 19.9 Å². The van der Waals surface area contributed by atoms with E-state index in [4.69, 9.17) is 22.6 Å². The molecule has 0 aliphatic carbocycles. The number of nitrogens with zero attached hydrogens (tertiary/aromatic N) is 1. The van der Waals surface area contributed by atoms with Gasteiger partial charge in [-0.2, -0.15) is 5.26 Å². The number of hydrogen-bond donors (Lipinski definition) is 2. The number of primary amides is 1. The van der Waals surface area contributed by atoms with Crippen molar-refractivity contribution in [2.45, 2.75) is 19.9 Å². The van der Waals surface area contributed by atoms with E-state index < -0.39 is 11.9 Å². The lowest BCUT2D eigenvalue weighted by Gasteiger charge is -2.20. The highest BCUT2D eigenvalue weighted by Gasteiger charge is 2.20. The van der Waals surface area contributed by atoms with Gasteiger partial charge in [-0.25, -0.2) is 0 Å². The molecule has 0 saturated heterocycles. The third-order valence-electron chi connectivity index (χ3n) is 2.39. The Hall–Kier alpha value is -1.73. The first-order valence-electron chi connectivity index (χ1n) is 5.21. The topological polar surface area (TPSA) is 78.9 Å². The molecular formula is C12H14ClN3O. The van der Waals surface area contributed by atoms with Crippen molar-refractivity contribution in [1.29, 1.82) is 5.26 Å². The summed E-state index contributed by atoms with van der Waals surface area (Å²) in [5.41, 5.74) is 6.25. The minimum atomic E-state index is -0.511. The summed E-state index contributed by atoms with van der Waals surface area (Å²) in [6.07, 6.45) is 0. The van der Waals surface area contributed by atoms with Gasteiger partial charge >= 0.3 is 0 Å². The van der Waals surface area contributed by atoms with Gasteiger partial charge in [0.1, 0.15) is 12.1 Å². The predicted molar refractivity (Wildman–Crippen MR) is 67.6 cm³/mol. The molecule has 0 radical (unpaired) electrons. The van der Waals surface area contributed by atoms with E-state index in [-0.39, 0.29) is 5.92 Å². The van der Waals surface area contributed by atoms with Crippen LogP contribution >= 0.6 is 11.6 Å². The molecular weight excluding hydrogens is 238 g/mol. The first-order valence-corrected chi connectivity index (χ1v) is 5.59. The second kappa shape index (κ2) is 5.55. The molecule has 0 bridgehead atoms. The Labute approximate surface area is 105 Å². The summed E-state index contributed by atoms with van der Waals surface area (Å²) in [6, 6.07) is 6.38. The molecule has 0 aromatic heterocycles. The average Bonchev–Trinajstić information content (AvgIpc) is 2.26. The molecule has 4 nitrogen and oxygen atoms in total. The van der Waals surface area contributed by atoms with E-state index in [0.29, 0.717) is 16.3 Å². The van der Waals surface area contributed by atoms with Gasteiger partial charge in [-0.3, -0.25) is 4.79 Å². The number of amides is 1. The smallest absolute Gasteiger partial charge is 0.240 e. The average molecular weight is 252 g/mol. The highest BCUT2D eigenvalue weighted by Crippen LogP contribution is 2.21. The van der Waals surface area contributed by atoms with Gasteiger partial charge in [0.15, 0.2) is 0 Å². The molecule has 90 valence electrons. The molecule has 0 fully saturated rings. The van der Waals surface area contributed by atoms with Crippen LogP contribution in [0.2, 0.25) is 5.02 Å². The summed E-state index contributed by atoms with van der Waals surface area (Å²) in [4.78, 5) is 11.3. The molecule has 5 heteroatoms. The number of halogens is 1. The maximum atomic E-state index is 11.3. The Bertz CT molecular complexity index is 465. The molecule has 0 aliphatic heterocycles. The molecule has 3 N–H and O–H groups in total. The van der Waals surface area contributed by atoms with E-state index in [1.54, 1.807) is 18.2 Å². The fraction of sp³-hybridized carbons (Fsp3) is 0.333. The number of carbonyl (C=O) groups excluding carboxylic acids is 1. The molecule has 0 aliphatic rings. The number of anilines is 1. The molecule has 0 saturated carbocycles. The van der Waals surface area contributed by atoms with E-state index in [9.17, 15) is 4.79 Å².